The summed E-state index contributed by atoms with van der Waals surface area (Å²) < 4.78 is 1.85. The summed E-state index contributed by atoms with van der Waals surface area (Å²) in [5, 5.41) is 23.6. The first kappa shape index (κ1) is 16.9. The first-order valence-electron chi connectivity index (χ1n) is 8.11. The number of para-hydroxylation sites is 1. The number of hydrogen-bond acceptors (Lipinski definition) is 4. The van der Waals surface area contributed by atoms with E-state index in [2.05, 4.69) is 16.1 Å². The SMILES string of the molecule is CN(Cc1cnn(-c2ccccc2)c1)CC(O)c1ccc(C#N)cc1. The molecule has 0 aliphatic carbocycles. The van der Waals surface area contributed by atoms with Gasteiger partial charge in [0.25, 0.3) is 0 Å². The van der Waals surface area contributed by atoms with Gasteiger partial charge in [-0.1, -0.05) is 30.3 Å². The molecule has 0 spiro atoms. The zero-order chi connectivity index (χ0) is 17.6. The molecule has 1 aromatic heterocycles. The summed E-state index contributed by atoms with van der Waals surface area (Å²) in [7, 11) is 1.97. The smallest absolute Gasteiger partial charge is 0.0991 e. The van der Waals surface area contributed by atoms with E-state index in [4.69, 9.17) is 5.26 Å². The Labute approximate surface area is 147 Å². The molecule has 1 N–H and O–H groups in total. The summed E-state index contributed by atoms with van der Waals surface area (Å²) in [5.41, 5.74) is 3.51. The molecule has 3 aromatic rings. The molecule has 2 aromatic carbocycles. The largest absolute Gasteiger partial charge is 0.387 e. The molecule has 126 valence electrons. The number of rotatable bonds is 6. The third kappa shape index (κ3) is 4.32. The molecule has 3 rings (SSSR count). The van der Waals surface area contributed by atoms with Gasteiger partial charge in [0.15, 0.2) is 0 Å². The maximum atomic E-state index is 10.4. The van der Waals surface area contributed by atoms with Crippen LogP contribution in [-0.2, 0) is 6.54 Å². The van der Waals surface area contributed by atoms with Gasteiger partial charge >= 0.3 is 0 Å². The molecule has 1 atom stereocenters. The lowest BCUT2D eigenvalue weighted by atomic mass is 10.1. The van der Waals surface area contributed by atoms with Gasteiger partial charge in [-0.2, -0.15) is 10.4 Å². The quantitative estimate of drug-likeness (QED) is 0.754. The van der Waals surface area contributed by atoms with Crippen LogP contribution in [0.15, 0.2) is 67.0 Å². The van der Waals surface area contributed by atoms with E-state index < -0.39 is 6.10 Å². The van der Waals surface area contributed by atoms with Gasteiger partial charge in [0.2, 0.25) is 0 Å². The number of benzene rings is 2. The van der Waals surface area contributed by atoms with E-state index >= 15 is 0 Å². The van der Waals surface area contributed by atoms with E-state index in [9.17, 15) is 5.11 Å². The van der Waals surface area contributed by atoms with Crippen LogP contribution in [0.25, 0.3) is 5.69 Å². The van der Waals surface area contributed by atoms with E-state index in [1.54, 1.807) is 24.3 Å². The molecule has 0 fully saturated rings. The highest BCUT2D eigenvalue weighted by molar-refractivity contribution is 5.33. The van der Waals surface area contributed by atoms with Gasteiger partial charge in [-0.05, 0) is 36.9 Å². The van der Waals surface area contributed by atoms with Crippen molar-refractivity contribution in [3.63, 3.8) is 0 Å². The molecule has 1 unspecified atom stereocenters. The Bertz CT molecular complexity index is 849. The van der Waals surface area contributed by atoms with Gasteiger partial charge in [-0.25, -0.2) is 4.68 Å². The maximum absolute atomic E-state index is 10.4. The summed E-state index contributed by atoms with van der Waals surface area (Å²) in [4.78, 5) is 2.05. The number of nitrogens with zero attached hydrogens (tertiary/aromatic N) is 4. The lowest BCUT2D eigenvalue weighted by molar-refractivity contribution is 0.124. The predicted molar refractivity (Wildman–Crippen MR) is 96.0 cm³/mol. The van der Waals surface area contributed by atoms with Crippen LogP contribution in [0.2, 0.25) is 0 Å². The van der Waals surface area contributed by atoms with Crippen LogP contribution in [0.4, 0.5) is 0 Å². The molecule has 5 nitrogen and oxygen atoms in total. The predicted octanol–water partition coefficient (Wildman–Crippen LogP) is 2.91. The highest BCUT2D eigenvalue weighted by Crippen LogP contribution is 2.16. The second kappa shape index (κ2) is 7.75. The molecule has 0 saturated heterocycles. The Balaban J connectivity index is 1.59. The molecule has 0 aliphatic rings. The van der Waals surface area contributed by atoms with E-state index in [0.717, 1.165) is 16.8 Å². The molecular weight excluding hydrogens is 312 g/mol. The van der Waals surface area contributed by atoms with Crippen molar-refractivity contribution in [2.45, 2.75) is 12.6 Å². The summed E-state index contributed by atoms with van der Waals surface area (Å²) in [5.74, 6) is 0. The van der Waals surface area contributed by atoms with Gasteiger partial charge in [-0.3, -0.25) is 4.90 Å². The fourth-order valence-corrected chi connectivity index (χ4v) is 2.72. The minimum absolute atomic E-state index is 0.502. The van der Waals surface area contributed by atoms with Gasteiger partial charge in [0.1, 0.15) is 0 Å². The van der Waals surface area contributed by atoms with Crippen LogP contribution in [-0.4, -0.2) is 33.4 Å². The van der Waals surface area contributed by atoms with Gasteiger partial charge < -0.3 is 5.11 Å². The number of aromatic nitrogens is 2. The molecule has 1 heterocycles. The van der Waals surface area contributed by atoms with E-state index in [-0.39, 0.29) is 0 Å². The van der Waals surface area contributed by atoms with Crippen molar-refractivity contribution in [3.8, 4) is 11.8 Å². The second-order valence-electron chi connectivity index (χ2n) is 6.08. The number of aliphatic hydroxyl groups is 1. The van der Waals surface area contributed by atoms with Crippen LogP contribution in [0.5, 0.6) is 0 Å². The van der Waals surface area contributed by atoms with Gasteiger partial charge in [0.05, 0.1) is 29.6 Å². The normalized spacial score (nSPS) is 12.1. The minimum atomic E-state index is -0.595. The third-order valence-corrected chi connectivity index (χ3v) is 4.02. The minimum Gasteiger partial charge on any atom is -0.387 e. The monoisotopic (exact) mass is 332 g/mol. The topological polar surface area (TPSA) is 65.1 Å². The summed E-state index contributed by atoms with van der Waals surface area (Å²) in [6, 6.07) is 19.1. The standard InChI is InChI=1S/C20H20N4O/c1-23(15-20(25)18-9-7-16(11-21)8-10-18)13-17-12-22-24(14-17)19-5-3-2-4-6-19/h2-10,12,14,20,25H,13,15H2,1H3. The molecule has 0 aliphatic heterocycles. The molecule has 0 radical (unpaired) electrons. The van der Waals surface area contributed by atoms with Gasteiger partial charge in [-0.15, -0.1) is 0 Å². The fourth-order valence-electron chi connectivity index (χ4n) is 2.72. The van der Waals surface area contributed by atoms with Crippen molar-refractivity contribution >= 4 is 0 Å². The second-order valence-corrected chi connectivity index (χ2v) is 6.08. The van der Waals surface area contributed by atoms with Crippen molar-refractivity contribution in [2.75, 3.05) is 13.6 Å². The van der Waals surface area contributed by atoms with E-state index in [1.165, 1.54) is 0 Å². The first-order valence-corrected chi connectivity index (χ1v) is 8.11. The highest BCUT2D eigenvalue weighted by Gasteiger charge is 2.12. The van der Waals surface area contributed by atoms with Crippen molar-refractivity contribution in [2.24, 2.45) is 0 Å². The molecule has 0 bridgehead atoms. The van der Waals surface area contributed by atoms with Crippen LogP contribution in [0.3, 0.4) is 0 Å². The summed E-state index contributed by atoms with van der Waals surface area (Å²) in [6.45, 7) is 1.20. The van der Waals surface area contributed by atoms with Crippen LogP contribution in [0, 0.1) is 11.3 Å². The van der Waals surface area contributed by atoms with Crippen molar-refractivity contribution in [1.82, 2.24) is 14.7 Å². The Morgan fingerprint density at radius 2 is 1.88 bits per heavy atom. The first-order chi connectivity index (χ1) is 12.2. The molecular formula is C20H20N4O. The summed E-state index contributed by atoms with van der Waals surface area (Å²) in [6.07, 6.45) is 3.25. The molecule has 5 heteroatoms. The Kier molecular flexibility index (Phi) is 5.24. The molecule has 0 amide bonds. The Morgan fingerprint density at radius 3 is 2.56 bits per heavy atom. The fraction of sp³-hybridized carbons (Fsp3) is 0.200. The number of likely N-dealkylation sites (N-methyl/N-ethyl adjacent to an activating group) is 1. The average Bonchev–Trinajstić information content (AvgIpc) is 3.10. The zero-order valence-corrected chi connectivity index (χ0v) is 14.1. The van der Waals surface area contributed by atoms with Crippen LogP contribution >= 0.6 is 0 Å². The molecule has 25 heavy (non-hydrogen) atoms. The van der Waals surface area contributed by atoms with Gasteiger partial charge in [0, 0.05) is 24.8 Å². The highest BCUT2D eigenvalue weighted by atomic mass is 16.3. The van der Waals surface area contributed by atoms with Crippen LogP contribution < -0.4 is 0 Å². The summed E-state index contributed by atoms with van der Waals surface area (Å²) >= 11 is 0. The number of nitriles is 1. The Hall–Kier alpha value is -2.94. The maximum Gasteiger partial charge on any atom is 0.0991 e. The van der Waals surface area contributed by atoms with E-state index in [1.807, 2.05) is 54.5 Å². The number of hydrogen-bond donors (Lipinski definition) is 1. The van der Waals surface area contributed by atoms with E-state index in [0.29, 0.717) is 18.7 Å². The number of aliphatic hydroxyl groups excluding tert-OH is 1. The van der Waals surface area contributed by atoms with Crippen LogP contribution in [0.1, 0.15) is 22.8 Å². The molecule has 0 saturated carbocycles. The average molecular weight is 332 g/mol. The Morgan fingerprint density at radius 1 is 1.16 bits per heavy atom. The van der Waals surface area contributed by atoms with Crippen molar-refractivity contribution < 1.29 is 5.11 Å². The van der Waals surface area contributed by atoms with Crippen molar-refractivity contribution in [1.29, 1.82) is 5.26 Å². The zero-order valence-electron chi connectivity index (χ0n) is 14.1. The lowest BCUT2D eigenvalue weighted by Gasteiger charge is -2.20. The van der Waals surface area contributed by atoms with Crippen molar-refractivity contribution in [3.05, 3.63) is 83.7 Å². The lowest BCUT2D eigenvalue weighted by Crippen LogP contribution is -2.24. The third-order valence-electron chi connectivity index (χ3n) is 4.02.